The molecule has 0 aliphatic rings. The molecule has 0 saturated heterocycles. The van der Waals surface area contributed by atoms with Crippen LogP contribution in [0.4, 0.5) is 5.69 Å². The number of para-hydroxylation sites is 1. The summed E-state index contributed by atoms with van der Waals surface area (Å²) in [4.78, 5) is 12.3. The molecule has 2 atom stereocenters. The average Bonchev–Trinajstić information content (AvgIpc) is 2.61. The Morgan fingerprint density at radius 3 is 2.48 bits per heavy atom. The van der Waals surface area contributed by atoms with E-state index < -0.39 is 6.04 Å². The number of ether oxygens (including phenoxy) is 1. The van der Waals surface area contributed by atoms with Crippen molar-refractivity contribution in [2.75, 3.05) is 5.32 Å². The van der Waals surface area contributed by atoms with Crippen LogP contribution in [0.3, 0.4) is 0 Å². The van der Waals surface area contributed by atoms with Crippen molar-refractivity contribution < 1.29 is 9.53 Å². The summed E-state index contributed by atoms with van der Waals surface area (Å²) in [5.74, 6) is 0.827. The van der Waals surface area contributed by atoms with Crippen LogP contribution in [0, 0.1) is 12.8 Å². The molecule has 2 aromatic rings. The summed E-state index contributed by atoms with van der Waals surface area (Å²) >= 11 is 0. The smallest absolute Gasteiger partial charge is 0.241 e. The summed E-state index contributed by atoms with van der Waals surface area (Å²) in [5.41, 5.74) is 8.82. The Kier molecular flexibility index (Phi) is 8.46. The third kappa shape index (κ3) is 5.76. The van der Waals surface area contributed by atoms with Crippen molar-refractivity contribution in [1.29, 1.82) is 0 Å². The maximum absolute atomic E-state index is 12.3. The van der Waals surface area contributed by atoms with Gasteiger partial charge < -0.3 is 15.8 Å². The van der Waals surface area contributed by atoms with Crippen LogP contribution in [-0.4, -0.2) is 11.9 Å². The first-order chi connectivity index (χ1) is 11.5. The SMILES string of the molecule is CCC(C)C(N)C(=O)Nc1cccc(COc2ccccc2)c1C.Cl. The van der Waals surface area contributed by atoms with Gasteiger partial charge in [-0.2, -0.15) is 0 Å². The summed E-state index contributed by atoms with van der Waals surface area (Å²) in [5, 5.41) is 2.94. The fraction of sp³-hybridized carbons (Fsp3) is 0.350. The van der Waals surface area contributed by atoms with Gasteiger partial charge >= 0.3 is 0 Å². The van der Waals surface area contributed by atoms with Crippen LogP contribution in [0.25, 0.3) is 0 Å². The minimum atomic E-state index is -0.501. The lowest BCUT2D eigenvalue weighted by Gasteiger charge is -2.19. The second kappa shape index (κ2) is 10.1. The minimum Gasteiger partial charge on any atom is -0.489 e. The first-order valence-corrected chi connectivity index (χ1v) is 8.35. The largest absolute Gasteiger partial charge is 0.489 e. The Hall–Kier alpha value is -2.04. The van der Waals surface area contributed by atoms with E-state index in [0.717, 1.165) is 29.0 Å². The number of halogens is 1. The first kappa shape index (κ1) is 21.0. The highest BCUT2D eigenvalue weighted by atomic mass is 35.5. The normalized spacial score (nSPS) is 12.6. The lowest BCUT2D eigenvalue weighted by atomic mass is 9.99. The molecule has 0 aliphatic heterocycles. The van der Waals surface area contributed by atoms with E-state index in [9.17, 15) is 4.79 Å². The van der Waals surface area contributed by atoms with Crippen molar-refractivity contribution >= 4 is 24.0 Å². The summed E-state index contributed by atoms with van der Waals surface area (Å²) in [6.45, 7) is 6.46. The van der Waals surface area contributed by atoms with Crippen LogP contribution in [0.2, 0.25) is 0 Å². The van der Waals surface area contributed by atoms with Gasteiger partial charge in [-0.05, 0) is 42.2 Å². The van der Waals surface area contributed by atoms with E-state index in [-0.39, 0.29) is 24.2 Å². The van der Waals surface area contributed by atoms with Crippen molar-refractivity contribution in [2.24, 2.45) is 11.7 Å². The van der Waals surface area contributed by atoms with Crippen LogP contribution < -0.4 is 15.8 Å². The summed E-state index contributed by atoms with van der Waals surface area (Å²) < 4.78 is 5.80. The maximum Gasteiger partial charge on any atom is 0.241 e. The zero-order valence-corrected chi connectivity index (χ0v) is 15.8. The molecule has 3 N–H and O–H groups in total. The van der Waals surface area contributed by atoms with Gasteiger partial charge in [-0.15, -0.1) is 12.4 Å². The van der Waals surface area contributed by atoms with E-state index in [1.165, 1.54) is 0 Å². The molecule has 5 heteroatoms. The van der Waals surface area contributed by atoms with Crippen molar-refractivity contribution in [3.63, 3.8) is 0 Å². The zero-order chi connectivity index (χ0) is 17.5. The van der Waals surface area contributed by atoms with Gasteiger partial charge in [-0.25, -0.2) is 0 Å². The lowest BCUT2D eigenvalue weighted by molar-refractivity contribution is -0.118. The first-order valence-electron chi connectivity index (χ1n) is 8.35. The number of anilines is 1. The molecule has 2 unspecified atom stereocenters. The molecule has 136 valence electrons. The number of rotatable bonds is 7. The van der Waals surface area contributed by atoms with E-state index in [4.69, 9.17) is 10.5 Å². The van der Waals surface area contributed by atoms with Gasteiger partial charge in [0.05, 0.1) is 6.04 Å². The van der Waals surface area contributed by atoms with Gasteiger partial charge in [0.1, 0.15) is 12.4 Å². The maximum atomic E-state index is 12.3. The Labute approximate surface area is 156 Å². The molecule has 0 fully saturated rings. The fourth-order valence-corrected chi connectivity index (χ4v) is 2.38. The van der Waals surface area contributed by atoms with E-state index >= 15 is 0 Å². The molecule has 0 aromatic heterocycles. The highest BCUT2D eigenvalue weighted by Crippen LogP contribution is 2.21. The fourth-order valence-electron chi connectivity index (χ4n) is 2.38. The number of nitrogens with one attached hydrogen (secondary N) is 1. The molecule has 0 heterocycles. The van der Waals surface area contributed by atoms with Crippen LogP contribution in [0.1, 0.15) is 31.4 Å². The molecule has 4 nitrogen and oxygen atoms in total. The van der Waals surface area contributed by atoms with Gasteiger partial charge in [-0.3, -0.25) is 4.79 Å². The molecule has 0 aliphatic carbocycles. The topological polar surface area (TPSA) is 64.4 Å². The lowest BCUT2D eigenvalue weighted by Crippen LogP contribution is -2.40. The molecular weight excluding hydrogens is 336 g/mol. The van der Waals surface area contributed by atoms with E-state index in [2.05, 4.69) is 5.32 Å². The second-order valence-corrected chi connectivity index (χ2v) is 6.09. The van der Waals surface area contributed by atoms with Crippen molar-refractivity contribution in [3.8, 4) is 5.75 Å². The standard InChI is InChI=1S/C20H26N2O2.ClH/c1-4-14(2)19(21)20(23)22-18-12-8-9-16(15(18)3)13-24-17-10-6-5-7-11-17;/h5-12,14,19H,4,13,21H2,1-3H3,(H,22,23);1H. The number of benzene rings is 2. The molecule has 0 saturated carbocycles. The molecular formula is C20H27ClN2O2. The number of hydrogen-bond donors (Lipinski definition) is 2. The van der Waals surface area contributed by atoms with Gasteiger partial charge in [-0.1, -0.05) is 50.6 Å². The predicted molar refractivity (Wildman–Crippen MR) is 105 cm³/mol. The minimum absolute atomic E-state index is 0. The molecule has 0 radical (unpaired) electrons. The second-order valence-electron chi connectivity index (χ2n) is 6.09. The quantitative estimate of drug-likeness (QED) is 0.771. The van der Waals surface area contributed by atoms with E-state index in [0.29, 0.717) is 6.61 Å². The van der Waals surface area contributed by atoms with Crippen LogP contribution in [0.5, 0.6) is 5.75 Å². The molecule has 0 spiro atoms. The third-order valence-corrected chi connectivity index (χ3v) is 4.40. The summed E-state index contributed by atoms with van der Waals surface area (Å²) in [7, 11) is 0. The number of nitrogens with two attached hydrogens (primary N) is 1. The molecule has 1 amide bonds. The summed E-state index contributed by atoms with van der Waals surface area (Å²) in [6.07, 6.45) is 0.874. The molecule has 2 aromatic carbocycles. The van der Waals surface area contributed by atoms with Gasteiger partial charge in [0, 0.05) is 5.69 Å². The molecule has 0 bridgehead atoms. The zero-order valence-electron chi connectivity index (χ0n) is 15.0. The monoisotopic (exact) mass is 362 g/mol. The van der Waals surface area contributed by atoms with E-state index in [1.54, 1.807) is 0 Å². The Morgan fingerprint density at radius 1 is 1.16 bits per heavy atom. The number of hydrogen-bond acceptors (Lipinski definition) is 3. The van der Waals surface area contributed by atoms with Gasteiger partial charge in [0.25, 0.3) is 0 Å². The Balaban J connectivity index is 0.00000312. The molecule has 2 rings (SSSR count). The Bertz CT molecular complexity index is 677. The van der Waals surface area contributed by atoms with Crippen LogP contribution in [-0.2, 0) is 11.4 Å². The molecule has 25 heavy (non-hydrogen) atoms. The highest BCUT2D eigenvalue weighted by Gasteiger charge is 2.20. The third-order valence-electron chi connectivity index (χ3n) is 4.40. The number of carbonyl (C=O) groups excluding carboxylic acids is 1. The average molecular weight is 363 g/mol. The van der Waals surface area contributed by atoms with Crippen molar-refractivity contribution in [2.45, 2.75) is 39.8 Å². The van der Waals surface area contributed by atoms with Crippen molar-refractivity contribution in [1.82, 2.24) is 0 Å². The van der Waals surface area contributed by atoms with E-state index in [1.807, 2.05) is 69.3 Å². The van der Waals surface area contributed by atoms with Crippen molar-refractivity contribution in [3.05, 3.63) is 59.7 Å². The van der Waals surface area contributed by atoms with Gasteiger partial charge in [0.15, 0.2) is 0 Å². The summed E-state index contributed by atoms with van der Waals surface area (Å²) in [6, 6.07) is 15.0. The Morgan fingerprint density at radius 2 is 1.84 bits per heavy atom. The van der Waals surface area contributed by atoms with Crippen LogP contribution >= 0.6 is 12.4 Å². The van der Waals surface area contributed by atoms with Crippen LogP contribution in [0.15, 0.2) is 48.5 Å². The number of carbonyl (C=O) groups is 1. The number of amides is 1. The highest BCUT2D eigenvalue weighted by molar-refractivity contribution is 5.95. The predicted octanol–water partition coefficient (Wildman–Crippen LogP) is 4.31. The van der Waals surface area contributed by atoms with Gasteiger partial charge in [0.2, 0.25) is 5.91 Å².